The summed E-state index contributed by atoms with van der Waals surface area (Å²) in [6.45, 7) is 14.0. The number of halogens is 2. The van der Waals surface area contributed by atoms with Gasteiger partial charge in [-0.25, -0.2) is 19.9 Å². The van der Waals surface area contributed by atoms with Gasteiger partial charge >= 0.3 is 5.97 Å². The summed E-state index contributed by atoms with van der Waals surface area (Å²) in [5.74, 6) is 5.45. The number of amides is 1. The maximum absolute atomic E-state index is 12.7. The van der Waals surface area contributed by atoms with Crippen molar-refractivity contribution in [3.8, 4) is 91.0 Å². The number of carbonyl (C=O) groups is 2. The highest BCUT2D eigenvalue weighted by atomic mass is 35.5. The quantitative estimate of drug-likeness (QED) is 0.0354. The number of aromatic nitrogens is 19. The van der Waals surface area contributed by atoms with E-state index in [-0.39, 0.29) is 24.3 Å². The SMILES string of the molecule is CCCN(c1ccc2ncc(-c3cnn(C)c3)nc2c1)c1cc(OC)cc(OC)c1Cl.CCCn1cc(CN(c2cc(OC)cc(OC)c2)c2ccc3ncc(-c4cnn(C)c4)nc3c2)nn1.CNC(=O)Cn1cc(-c2cnc3ccc(N(CCN)c4cc(OC)cc(OC)c4)cc3n2)cn1.COc1cc(OC)c(Cl)c(N(CCC2CCC(C(=O)OC(C)(C)C)CC2)c2ccc3ncc(-c4cnn(C)c4)nc3c2)c1. The average Bonchev–Trinajstić information content (AvgIpc) is 1.24. The molecule has 0 aliphatic heterocycles. The standard InChI is InChI=1S/C33H40ClN5O4.C26H28N8O2.C24H27N7O3.C23H24ClN5O2/c1-33(2,3)43-32(40)22-9-7-21(8-10-22)13-14-39(29-16-25(41-5)17-30(42-6)31(29)34)24-11-12-26-27(15-24)37-28(19-35-26)23-18-36-38(4)20-23;1-5-8-33-16-19(30-31-33)17-34(21-9-22(35-3)12-23(10-21)36-4)20-6-7-24-25(11-20)29-26(14-27-24)18-13-28-32(2)15-18;1-26-24(32)15-30-14-16(12-28-30)23-13-27-21-5-4-17(10-22(21)29-23)31(7-6-25)18-8-19(33-2)11-20(9-18)34-3;1-5-8-29(21-10-17(30-3)11-22(31-4)23(21)24)16-6-7-18-19(9-16)27-20(13-25-18)15-12-26-28(2)14-15/h11-12,15-22H,7-10,13-14H2,1-6H3;6-7,9-16H,5,8,17H2,1-4H3;4-5,8-14H,6-7,15,25H2,1-3H3,(H,26,32);6-7,9-14H,5,8H2,1-4H3. The number of anilines is 8. The Morgan fingerprint density at radius 3 is 1.19 bits per heavy atom. The van der Waals surface area contributed by atoms with E-state index in [9.17, 15) is 9.59 Å². The van der Waals surface area contributed by atoms with Gasteiger partial charge in [0.2, 0.25) is 5.91 Å². The van der Waals surface area contributed by atoms with Gasteiger partial charge in [0, 0.05) is 203 Å². The molecule has 1 aliphatic carbocycles. The van der Waals surface area contributed by atoms with Crippen LogP contribution in [0.25, 0.3) is 89.2 Å². The molecule has 748 valence electrons. The Bertz CT molecular complexity index is 7270. The highest BCUT2D eigenvalue weighted by Crippen LogP contribution is 2.47. The minimum Gasteiger partial charge on any atom is -0.497 e. The number of likely N-dealkylation sites (N-methyl/N-ethyl adjacent to an activating group) is 1. The number of hydrogen-bond donors (Lipinski definition) is 2. The Hall–Kier alpha value is -15.8. The summed E-state index contributed by atoms with van der Waals surface area (Å²) < 4.78 is 58.4. The van der Waals surface area contributed by atoms with Crippen LogP contribution in [0, 0.1) is 11.8 Å². The maximum atomic E-state index is 12.7. The van der Waals surface area contributed by atoms with Gasteiger partial charge in [0.1, 0.15) is 73.9 Å². The van der Waals surface area contributed by atoms with E-state index in [2.05, 4.69) is 89.4 Å². The molecule has 9 heterocycles. The number of fused-ring (bicyclic) bond motifs is 4. The Morgan fingerprint density at radius 2 is 0.812 bits per heavy atom. The number of rotatable bonds is 34. The lowest BCUT2D eigenvalue weighted by Gasteiger charge is -2.32. The number of hydrogen-bond acceptors (Lipinski definition) is 30. The van der Waals surface area contributed by atoms with Crippen molar-refractivity contribution in [1.82, 2.24) is 99.3 Å². The van der Waals surface area contributed by atoms with Crippen LogP contribution in [0.5, 0.6) is 46.0 Å². The first-order chi connectivity index (χ1) is 69.7. The molecule has 0 radical (unpaired) electrons. The van der Waals surface area contributed by atoms with Crippen LogP contribution in [0.3, 0.4) is 0 Å². The lowest BCUT2D eigenvalue weighted by molar-refractivity contribution is -0.161. The van der Waals surface area contributed by atoms with Gasteiger partial charge in [-0.2, -0.15) is 20.4 Å². The topological polar surface area (TPSA) is 373 Å². The van der Waals surface area contributed by atoms with E-state index < -0.39 is 5.60 Å². The third-order valence-corrected chi connectivity index (χ3v) is 24.9. The molecule has 1 fully saturated rings. The van der Waals surface area contributed by atoms with Crippen molar-refractivity contribution in [1.29, 1.82) is 0 Å². The first-order valence-corrected chi connectivity index (χ1v) is 47.9. The van der Waals surface area contributed by atoms with E-state index in [1.807, 2.05) is 193 Å². The van der Waals surface area contributed by atoms with Crippen LogP contribution >= 0.6 is 23.2 Å². The Labute approximate surface area is 845 Å². The molecule has 38 heteroatoms. The van der Waals surface area contributed by atoms with Crippen LogP contribution in [0.2, 0.25) is 10.0 Å². The zero-order valence-electron chi connectivity index (χ0n) is 83.9. The summed E-state index contributed by atoms with van der Waals surface area (Å²) in [4.78, 5) is 70.7. The minimum absolute atomic E-state index is 0.0308. The van der Waals surface area contributed by atoms with E-state index in [0.717, 1.165) is 193 Å². The number of nitrogens with one attached hydrogen (secondary N) is 1. The third kappa shape index (κ3) is 25.2. The molecule has 1 saturated carbocycles. The van der Waals surface area contributed by atoms with Crippen LogP contribution < -0.4 is 68.5 Å². The maximum Gasteiger partial charge on any atom is 0.309 e. The van der Waals surface area contributed by atoms with E-state index in [4.69, 9.17) is 91.5 Å². The molecule has 18 rings (SSSR count). The van der Waals surface area contributed by atoms with Gasteiger partial charge in [-0.1, -0.05) is 42.3 Å². The van der Waals surface area contributed by atoms with Gasteiger partial charge in [-0.05, 0) is 144 Å². The van der Waals surface area contributed by atoms with Gasteiger partial charge in [-0.15, -0.1) is 5.10 Å². The second-order valence-corrected chi connectivity index (χ2v) is 36.1. The number of ether oxygens (including phenoxy) is 9. The van der Waals surface area contributed by atoms with Gasteiger partial charge in [0.05, 0.1) is 203 Å². The molecule has 8 aromatic carbocycles. The van der Waals surface area contributed by atoms with E-state index >= 15 is 0 Å². The molecule has 17 aromatic rings. The molecule has 144 heavy (non-hydrogen) atoms. The Kier molecular flexibility index (Phi) is 33.6. The summed E-state index contributed by atoms with van der Waals surface area (Å²) in [6.07, 6.45) is 30.1. The molecule has 36 nitrogen and oxygen atoms in total. The lowest BCUT2D eigenvalue weighted by atomic mass is 9.80. The number of nitrogens with zero attached hydrogens (tertiary/aromatic N) is 23. The molecule has 0 unspecified atom stereocenters. The van der Waals surface area contributed by atoms with Crippen molar-refractivity contribution >= 4 is 125 Å². The van der Waals surface area contributed by atoms with Crippen molar-refractivity contribution < 1.29 is 52.2 Å². The number of esters is 1. The Balaban J connectivity index is 0.000000145. The Morgan fingerprint density at radius 1 is 0.424 bits per heavy atom. The fourth-order valence-corrected chi connectivity index (χ4v) is 17.4. The van der Waals surface area contributed by atoms with Crippen LogP contribution in [-0.4, -0.2) is 202 Å². The number of methoxy groups -OCH3 is 8. The van der Waals surface area contributed by atoms with E-state index in [1.54, 1.807) is 151 Å². The third-order valence-electron chi connectivity index (χ3n) is 24.1. The van der Waals surface area contributed by atoms with Crippen molar-refractivity contribution in [2.45, 2.75) is 105 Å². The summed E-state index contributed by atoms with van der Waals surface area (Å²) in [6, 6.07) is 42.9. The molecule has 0 bridgehead atoms. The number of aryl methyl sites for hydroxylation is 4. The molecule has 1 amide bonds. The first kappa shape index (κ1) is 103. The smallest absolute Gasteiger partial charge is 0.309 e. The van der Waals surface area contributed by atoms with Gasteiger partial charge in [0.25, 0.3) is 0 Å². The molecular weight excluding hydrogens is 1870 g/mol. The van der Waals surface area contributed by atoms with Crippen molar-refractivity contribution in [2.75, 3.05) is 110 Å². The van der Waals surface area contributed by atoms with Crippen LogP contribution in [0.1, 0.15) is 85.3 Å². The van der Waals surface area contributed by atoms with Crippen LogP contribution in [0.15, 0.2) is 214 Å². The average molecular weight is 1990 g/mol. The zero-order chi connectivity index (χ0) is 102. The number of carbonyl (C=O) groups excluding carboxylic acids is 2. The number of benzene rings is 8. The largest absolute Gasteiger partial charge is 0.497 e. The van der Waals surface area contributed by atoms with Gasteiger partial charge in [0.15, 0.2) is 0 Å². The molecule has 3 N–H and O–H groups in total. The summed E-state index contributed by atoms with van der Waals surface area (Å²) >= 11 is 13.6. The summed E-state index contributed by atoms with van der Waals surface area (Å²) in [5.41, 5.74) is 26.2. The van der Waals surface area contributed by atoms with E-state index in [1.165, 1.54) is 0 Å². The number of nitrogens with two attached hydrogens (primary N) is 1. The molecule has 0 atom stereocenters. The molecule has 9 aromatic heterocycles. The summed E-state index contributed by atoms with van der Waals surface area (Å²) in [5, 5.41) is 29.3. The fraction of sp³-hybridized carbons (Fsp3) is 0.321. The zero-order valence-corrected chi connectivity index (χ0v) is 85.4. The van der Waals surface area contributed by atoms with Gasteiger partial charge < -0.3 is 73.3 Å². The predicted molar refractivity (Wildman–Crippen MR) is 561 cm³/mol. The molecule has 0 saturated heterocycles. The first-order valence-electron chi connectivity index (χ1n) is 47.2. The van der Waals surface area contributed by atoms with E-state index in [0.29, 0.717) is 93.8 Å². The fourth-order valence-electron chi connectivity index (χ4n) is 16.8. The molecule has 1 aliphatic rings. The van der Waals surface area contributed by atoms with Crippen molar-refractivity contribution in [3.05, 3.63) is 230 Å². The van der Waals surface area contributed by atoms with Crippen LogP contribution in [0.4, 0.5) is 45.5 Å². The normalized spacial score (nSPS) is 12.8. The van der Waals surface area contributed by atoms with Gasteiger partial charge in [-0.3, -0.25) is 52.9 Å². The van der Waals surface area contributed by atoms with Crippen LogP contribution in [-0.2, 0) is 55.1 Å². The monoisotopic (exact) mass is 1990 g/mol. The highest BCUT2D eigenvalue weighted by Gasteiger charge is 2.32. The minimum atomic E-state index is -0.464. The van der Waals surface area contributed by atoms with Crippen molar-refractivity contribution in [2.24, 2.45) is 38.7 Å². The predicted octanol–water partition coefficient (Wildman–Crippen LogP) is 19.4. The second kappa shape index (κ2) is 47.2. The van der Waals surface area contributed by atoms with Crippen molar-refractivity contribution in [3.63, 3.8) is 0 Å². The summed E-state index contributed by atoms with van der Waals surface area (Å²) in [7, 11) is 20.2. The highest BCUT2D eigenvalue weighted by molar-refractivity contribution is 6.35. The molecule has 0 spiro atoms. The second-order valence-electron chi connectivity index (χ2n) is 35.3. The lowest BCUT2D eigenvalue weighted by Crippen LogP contribution is -2.31. The molecular formula is C106H119Cl2N25O11.